The standard InChI is InChI=1S/C21H30Cl2N2O3/c1-14(2)25(13-15-16(22)9-8-10-17(15)23)19(26)18-11-6-7-12-24(18)20(27)28-21(3,4)5/h8-10,14,18H,6-7,11-13H2,1-5H3/t18-/m1/s1. The summed E-state index contributed by atoms with van der Waals surface area (Å²) in [5, 5.41) is 1.05. The summed E-state index contributed by atoms with van der Waals surface area (Å²) in [5.74, 6) is -0.100. The number of hydrogen-bond acceptors (Lipinski definition) is 3. The number of likely N-dealkylation sites (tertiary alicyclic amines) is 1. The molecule has 0 radical (unpaired) electrons. The van der Waals surface area contributed by atoms with Gasteiger partial charge in [0.25, 0.3) is 0 Å². The molecule has 2 amide bonds. The topological polar surface area (TPSA) is 49.9 Å². The average molecular weight is 429 g/mol. The summed E-state index contributed by atoms with van der Waals surface area (Å²) in [4.78, 5) is 29.4. The van der Waals surface area contributed by atoms with E-state index in [0.29, 0.717) is 35.1 Å². The van der Waals surface area contributed by atoms with Crippen LogP contribution >= 0.6 is 23.2 Å². The molecular weight excluding hydrogens is 399 g/mol. The van der Waals surface area contributed by atoms with Gasteiger partial charge in [-0.25, -0.2) is 4.79 Å². The lowest BCUT2D eigenvalue weighted by molar-refractivity contribution is -0.140. The van der Waals surface area contributed by atoms with Crippen LogP contribution in [-0.2, 0) is 16.1 Å². The highest BCUT2D eigenvalue weighted by atomic mass is 35.5. The second-order valence-corrected chi connectivity index (χ2v) is 9.26. The van der Waals surface area contributed by atoms with E-state index in [2.05, 4.69) is 0 Å². The van der Waals surface area contributed by atoms with Gasteiger partial charge in [-0.15, -0.1) is 0 Å². The molecule has 1 fully saturated rings. The van der Waals surface area contributed by atoms with Crippen LogP contribution in [0.15, 0.2) is 18.2 Å². The van der Waals surface area contributed by atoms with Crippen molar-refractivity contribution in [3.63, 3.8) is 0 Å². The molecule has 1 saturated heterocycles. The summed E-state index contributed by atoms with van der Waals surface area (Å²) in [6.45, 7) is 10.2. The summed E-state index contributed by atoms with van der Waals surface area (Å²) in [7, 11) is 0. The van der Waals surface area contributed by atoms with Gasteiger partial charge in [0.1, 0.15) is 11.6 Å². The number of piperidine rings is 1. The van der Waals surface area contributed by atoms with Crippen molar-refractivity contribution in [2.75, 3.05) is 6.54 Å². The SMILES string of the molecule is CC(C)N(Cc1c(Cl)cccc1Cl)C(=O)[C@H]1CCCCN1C(=O)OC(C)(C)C. The van der Waals surface area contributed by atoms with Crippen LogP contribution in [0.3, 0.4) is 0 Å². The molecule has 1 aromatic carbocycles. The van der Waals surface area contributed by atoms with Crippen LogP contribution in [0.25, 0.3) is 0 Å². The van der Waals surface area contributed by atoms with Gasteiger partial charge in [0.05, 0.1) is 0 Å². The second-order valence-electron chi connectivity index (χ2n) is 8.45. The van der Waals surface area contributed by atoms with Gasteiger partial charge in [-0.2, -0.15) is 0 Å². The van der Waals surface area contributed by atoms with Crippen LogP contribution in [-0.4, -0.2) is 46.0 Å². The van der Waals surface area contributed by atoms with E-state index in [4.69, 9.17) is 27.9 Å². The van der Waals surface area contributed by atoms with E-state index in [0.717, 1.165) is 12.8 Å². The Labute approximate surface area is 177 Å². The maximum Gasteiger partial charge on any atom is 0.410 e. The maximum atomic E-state index is 13.4. The molecule has 1 aliphatic heterocycles. The van der Waals surface area contributed by atoms with Crippen LogP contribution in [0.4, 0.5) is 4.79 Å². The van der Waals surface area contributed by atoms with E-state index in [1.807, 2.05) is 34.6 Å². The molecule has 7 heteroatoms. The van der Waals surface area contributed by atoms with Gasteiger partial charge < -0.3 is 9.64 Å². The zero-order valence-corrected chi connectivity index (χ0v) is 18.8. The van der Waals surface area contributed by atoms with Gasteiger partial charge in [-0.05, 0) is 66.0 Å². The zero-order chi connectivity index (χ0) is 21.1. The first-order chi connectivity index (χ1) is 13.0. The molecule has 0 N–H and O–H groups in total. The Bertz CT molecular complexity index is 696. The minimum absolute atomic E-state index is 0.0674. The van der Waals surface area contributed by atoms with Crippen LogP contribution in [0.1, 0.15) is 59.4 Å². The minimum Gasteiger partial charge on any atom is -0.444 e. The highest BCUT2D eigenvalue weighted by Crippen LogP contribution is 2.28. The molecule has 28 heavy (non-hydrogen) atoms. The van der Waals surface area contributed by atoms with Crippen LogP contribution in [0, 0.1) is 0 Å². The van der Waals surface area contributed by atoms with Gasteiger partial charge in [0.15, 0.2) is 0 Å². The van der Waals surface area contributed by atoms with Crippen molar-refractivity contribution < 1.29 is 14.3 Å². The predicted octanol–water partition coefficient (Wildman–Crippen LogP) is 5.52. The average Bonchev–Trinajstić information content (AvgIpc) is 2.59. The third kappa shape index (κ3) is 5.77. The van der Waals surface area contributed by atoms with Crippen molar-refractivity contribution in [3.8, 4) is 0 Å². The van der Waals surface area contributed by atoms with Crippen LogP contribution < -0.4 is 0 Å². The van der Waals surface area contributed by atoms with E-state index >= 15 is 0 Å². The molecule has 1 aliphatic rings. The van der Waals surface area contributed by atoms with Gasteiger partial charge in [-0.1, -0.05) is 29.3 Å². The smallest absolute Gasteiger partial charge is 0.410 e. The fraction of sp³-hybridized carbons (Fsp3) is 0.619. The Morgan fingerprint density at radius 2 is 1.82 bits per heavy atom. The molecule has 156 valence electrons. The Morgan fingerprint density at radius 3 is 2.36 bits per heavy atom. The number of rotatable bonds is 4. The van der Waals surface area contributed by atoms with E-state index in [9.17, 15) is 9.59 Å². The summed E-state index contributed by atoms with van der Waals surface area (Å²) in [5.41, 5.74) is 0.109. The first-order valence-corrected chi connectivity index (χ1v) is 10.5. The quantitative estimate of drug-likeness (QED) is 0.633. The summed E-state index contributed by atoms with van der Waals surface area (Å²) >= 11 is 12.6. The third-order valence-corrected chi connectivity index (χ3v) is 5.42. The van der Waals surface area contributed by atoms with Crippen molar-refractivity contribution in [1.82, 2.24) is 9.80 Å². The van der Waals surface area contributed by atoms with E-state index < -0.39 is 17.7 Å². The Morgan fingerprint density at radius 1 is 1.21 bits per heavy atom. The molecule has 0 spiro atoms. The lowest BCUT2D eigenvalue weighted by atomic mass is 10.0. The van der Waals surface area contributed by atoms with Gasteiger partial charge >= 0.3 is 6.09 Å². The number of ether oxygens (including phenoxy) is 1. The highest BCUT2D eigenvalue weighted by Gasteiger charge is 2.37. The van der Waals surface area contributed by atoms with E-state index in [-0.39, 0.29) is 11.9 Å². The lowest BCUT2D eigenvalue weighted by Gasteiger charge is -2.39. The molecule has 1 atom stereocenters. The number of carbonyl (C=O) groups is 2. The second kappa shape index (κ2) is 9.36. The molecular formula is C21H30Cl2N2O3. The summed E-state index contributed by atoms with van der Waals surface area (Å²) < 4.78 is 5.53. The molecule has 0 bridgehead atoms. The fourth-order valence-corrected chi connectivity index (χ4v) is 3.80. The Balaban J connectivity index is 2.25. The zero-order valence-electron chi connectivity index (χ0n) is 17.3. The first kappa shape index (κ1) is 22.8. The van der Waals surface area contributed by atoms with Crippen molar-refractivity contribution in [2.24, 2.45) is 0 Å². The number of benzene rings is 1. The molecule has 1 heterocycles. The van der Waals surface area contributed by atoms with Gasteiger partial charge in [0, 0.05) is 34.7 Å². The van der Waals surface area contributed by atoms with Gasteiger partial charge in [0.2, 0.25) is 5.91 Å². The minimum atomic E-state index is -0.606. The number of carbonyl (C=O) groups excluding carboxylic acids is 2. The van der Waals surface area contributed by atoms with Crippen molar-refractivity contribution in [1.29, 1.82) is 0 Å². The van der Waals surface area contributed by atoms with Crippen LogP contribution in [0.5, 0.6) is 0 Å². The number of nitrogens with zero attached hydrogens (tertiary/aromatic N) is 2. The molecule has 0 aliphatic carbocycles. The first-order valence-electron chi connectivity index (χ1n) is 9.74. The summed E-state index contributed by atoms with van der Waals surface area (Å²) in [6, 6.07) is 4.70. The largest absolute Gasteiger partial charge is 0.444 e. The molecule has 2 rings (SSSR count). The molecule has 0 unspecified atom stereocenters. The number of hydrogen-bond donors (Lipinski definition) is 0. The summed E-state index contributed by atoms with van der Waals surface area (Å²) in [6.07, 6.45) is 1.94. The molecule has 0 saturated carbocycles. The fourth-order valence-electron chi connectivity index (χ4n) is 3.29. The highest BCUT2D eigenvalue weighted by molar-refractivity contribution is 6.36. The van der Waals surface area contributed by atoms with Crippen LogP contribution in [0.2, 0.25) is 10.0 Å². The van der Waals surface area contributed by atoms with Crippen molar-refractivity contribution in [2.45, 2.75) is 78.1 Å². The van der Waals surface area contributed by atoms with Crippen molar-refractivity contribution in [3.05, 3.63) is 33.8 Å². The van der Waals surface area contributed by atoms with E-state index in [1.165, 1.54) is 0 Å². The molecule has 1 aromatic rings. The van der Waals surface area contributed by atoms with E-state index in [1.54, 1.807) is 28.0 Å². The van der Waals surface area contributed by atoms with Crippen molar-refractivity contribution >= 4 is 35.2 Å². The Kier molecular flexibility index (Phi) is 7.63. The van der Waals surface area contributed by atoms with Gasteiger partial charge in [-0.3, -0.25) is 9.69 Å². The molecule has 5 nitrogen and oxygen atoms in total. The maximum absolute atomic E-state index is 13.4. The monoisotopic (exact) mass is 428 g/mol. The lowest BCUT2D eigenvalue weighted by Crippen LogP contribution is -2.55. The normalized spacial score (nSPS) is 17.6. The molecule has 0 aromatic heterocycles. The Hall–Kier alpha value is -1.46. The number of halogens is 2. The number of amides is 2. The third-order valence-electron chi connectivity index (χ3n) is 4.71. The predicted molar refractivity (Wildman–Crippen MR) is 113 cm³/mol.